The fourth-order valence-electron chi connectivity index (χ4n) is 3.45. The fraction of sp³-hybridized carbons (Fsp3) is 0.438. The van der Waals surface area contributed by atoms with Gasteiger partial charge in [0.1, 0.15) is 11.0 Å². The van der Waals surface area contributed by atoms with Crippen LogP contribution in [0.5, 0.6) is 0 Å². The highest BCUT2D eigenvalue weighted by molar-refractivity contribution is 8.14. The van der Waals surface area contributed by atoms with Gasteiger partial charge >= 0.3 is 0 Å². The van der Waals surface area contributed by atoms with Crippen LogP contribution in [0.1, 0.15) is 36.0 Å². The summed E-state index contributed by atoms with van der Waals surface area (Å²) in [5.41, 5.74) is 1.97. The van der Waals surface area contributed by atoms with Crippen molar-refractivity contribution in [3.63, 3.8) is 0 Å². The van der Waals surface area contributed by atoms with E-state index < -0.39 is 0 Å². The molecule has 0 unspecified atom stereocenters. The number of hydrogen-bond donors (Lipinski definition) is 1. The third-order valence-corrected chi connectivity index (χ3v) is 6.07. The molecule has 2 aliphatic rings. The molecule has 3 amide bonds. The molecule has 25 heavy (non-hydrogen) atoms. The number of nitrogens with one attached hydrogen (secondary N) is 1. The standard InChI is InChI=1S/C16H16N4O3S2/c21-14-8-24-16(23)20(14)13-4-2-1-3-11(13)17-15(22)9-5-6-10-12(7-9)19-25-18-10/h5-7,11,13H,1-4,8H2,(H,17,22)/t11-,13-/m0/s1. The van der Waals surface area contributed by atoms with E-state index >= 15 is 0 Å². The van der Waals surface area contributed by atoms with Gasteiger partial charge in [0, 0.05) is 5.56 Å². The van der Waals surface area contributed by atoms with Crippen LogP contribution in [0.2, 0.25) is 0 Å². The van der Waals surface area contributed by atoms with Gasteiger partial charge in [-0.15, -0.1) is 0 Å². The lowest BCUT2D eigenvalue weighted by atomic mass is 9.89. The van der Waals surface area contributed by atoms with E-state index in [0.29, 0.717) is 11.1 Å². The Morgan fingerprint density at radius 1 is 1.16 bits per heavy atom. The maximum Gasteiger partial charge on any atom is 0.289 e. The number of nitrogens with zero attached hydrogens (tertiary/aromatic N) is 3. The predicted molar refractivity (Wildman–Crippen MR) is 95.6 cm³/mol. The van der Waals surface area contributed by atoms with Gasteiger partial charge in [0.15, 0.2) is 0 Å². The van der Waals surface area contributed by atoms with Gasteiger partial charge in [0.25, 0.3) is 11.1 Å². The van der Waals surface area contributed by atoms with Crippen LogP contribution in [0.25, 0.3) is 11.0 Å². The molecule has 0 spiro atoms. The van der Waals surface area contributed by atoms with Crippen molar-refractivity contribution in [2.45, 2.75) is 37.8 Å². The summed E-state index contributed by atoms with van der Waals surface area (Å²) < 4.78 is 8.29. The van der Waals surface area contributed by atoms with Crippen LogP contribution < -0.4 is 5.32 Å². The van der Waals surface area contributed by atoms with E-state index in [4.69, 9.17) is 0 Å². The van der Waals surface area contributed by atoms with Gasteiger partial charge < -0.3 is 5.32 Å². The first-order valence-electron chi connectivity index (χ1n) is 8.15. The zero-order chi connectivity index (χ0) is 17.4. The molecule has 2 atom stereocenters. The predicted octanol–water partition coefficient (Wildman–Crippen LogP) is 2.43. The number of carbonyl (C=O) groups excluding carboxylic acids is 3. The second-order valence-electron chi connectivity index (χ2n) is 6.22. The van der Waals surface area contributed by atoms with Gasteiger partial charge in [-0.2, -0.15) is 8.75 Å². The average Bonchev–Trinajstić information content (AvgIpc) is 3.21. The molecule has 9 heteroatoms. The molecular formula is C16H16N4O3S2. The van der Waals surface area contributed by atoms with E-state index in [1.807, 2.05) is 0 Å². The summed E-state index contributed by atoms with van der Waals surface area (Å²) >= 11 is 2.15. The molecule has 0 bridgehead atoms. The van der Waals surface area contributed by atoms with Gasteiger partial charge in [-0.25, -0.2) is 0 Å². The van der Waals surface area contributed by atoms with E-state index in [-0.39, 0.29) is 34.9 Å². The third kappa shape index (κ3) is 3.13. The van der Waals surface area contributed by atoms with Crippen LogP contribution in [0.4, 0.5) is 4.79 Å². The number of hydrogen-bond acceptors (Lipinski definition) is 7. The highest BCUT2D eigenvalue weighted by atomic mass is 32.2. The summed E-state index contributed by atoms with van der Waals surface area (Å²) in [7, 11) is 0. The molecule has 2 fully saturated rings. The van der Waals surface area contributed by atoms with Gasteiger partial charge in [0.05, 0.1) is 29.6 Å². The maximum absolute atomic E-state index is 12.7. The summed E-state index contributed by atoms with van der Waals surface area (Å²) in [4.78, 5) is 38.1. The number of thioether (sulfide) groups is 1. The number of fused-ring (bicyclic) bond motifs is 1. The topological polar surface area (TPSA) is 92.3 Å². The number of imide groups is 1. The SMILES string of the molecule is O=C(N[C@H]1CCCC[C@@H]1N1C(=O)CSC1=O)c1ccc2nsnc2c1. The molecular weight excluding hydrogens is 360 g/mol. The Hall–Kier alpha value is -2.00. The first kappa shape index (κ1) is 16.5. The molecule has 1 saturated carbocycles. The van der Waals surface area contributed by atoms with Crippen LogP contribution in [-0.2, 0) is 4.79 Å². The minimum absolute atomic E-state index is 0.156. The van der Waals surface area contributed by atoms with Crippen LogP contribution in [-0.4, -0.2) is 48.5 Å². The highest BCUT2D eigenvalue weighted by Gasteiger charge is 2.41. The van der Waals surface area contributed by atoms with Crippen molar-refractivity contribution in [1.29, 1.82) is 0 Å². The molecule has 1 saturated heterocycles. The van der Waals surface area contributed by atoms with Crippen molar-refractivity contribution in [3.05, 3.63) is 23.8 Å². The molecule has 1 N–H and O–H groups in total. The second kappa shape index (κ2) is 6.72. The van der Waals surface area contributed by atoms with Crippen LogP contribution in [0.15, 0.2) is 18.2 Å². The molecule has 4 rings (SSSR count). The van der Waals surface area contributed by atoms with E-state index in [0.717, 1.165) is 54.7 Å². The Balaban J connectivity index is 1.53. The fourth-order valence-corrected chi connectivity index (χ4v) is 4.73. The highest BCUT2D eigenvalue weighted by Crippen LogP contribution is 2.30. The number of aromatic nitrogens is 2. The number of rotatable bonds is 3. The van der Waals surface area contributed by atoms with Crippen molar-refractivity contribution in [3.8, 4) is 0 Å². The Bertz CT molecular complexity index is 837. The Morgan fingerprint density at radius 2 is 1.96 bits per heavy atom. The lowest BCUT2D eigenvalue weighted by molar-refractivity contribution is -0.127. The van der Waals surface area contributed by atoms with Crippen molar-refractivity contribution in [2.24, 2.45) is 0 Å². The summed E-state index contributed by atoms with van der Waals surface area (Å²) in [5, 5.41) is 2.82. The smallest absolute Gasteiger partial charge is 0.289 e. The molecule has 2 aromatic rings. The normalized spacial score (nSPS) is 24.1. The Morgan fingerprint density at radius 3 is 2.76 bits per heavy atom. The van der Waals surface area contributed by atoms with Crippen LogP contribution >= 0.6 is 23.5 Å². The van der Waals surface area contributed by atoms with Crippen molar-refractivity contribution in [2.75, 3.05) is 5.75 Å². The van der Waals surface area contributed by atoms with Crippen molar-refractivity contribution >= 4 is 51.6 Å². The molecule has 1 aromatic heterocycles. The minimum atomic E-state index is -0.252. The molecule has 130 valence electrons. The first-order valence-corrected chi connectivity index (χ1v) is 9.87. The number of carbonyl (C=O) groups is 3. The molecule has 1 aliphatic carbocycles. The summed E-state index contributed by atoms with van der Waals surface area (Å²) in [6.07, 6.45) is 3.42. The average molecular weight is 376 g/mol. The molecule has 2 heterocycles. The quantitative estimate of drug-likeness (QED) is 0.884. The van der Waals surface area contributed by atoms with Gasteiger partial charge in [-0.3, -0.25) is 19.3 Å². The van der Waals surface area contributed by atoms with E-state index in [2.05, 4.69) is 14.1 Å². The number of benzene rings is 1. The number of amides is 3. The summed E-state index contributed by atoms with van der Waals surface area (Å²) in [5.74, 6) is -0.168. The summed E-state index contributed by atoms with van der Waals surface area (Å²) in [6.45, 7) is 0. The molecule has 1 aromatic carbocycles. The Kier molecular flexibility index (Phi) is 4.43. The maximum atomic E-state index is 12.7. The molecule has 1 aliphatic heterocycles. The van der Waals surface area contributed by atoms with Crippen LogP contribution in [0, 0.1) is 0 Å². The third-order valence-electron chi connectivity index (χ3n) is 4.68. The summed E-state index contributed by atoms with van der Waals surface area (Å²) in [6, 6.07) is 4.75. The zero-order valence-corrected chi connectivity index (χ0v) is 14.9. The van der Waals surface area contributed by atoms with E-state index in [9.17, 15) is 14.4 Å². The zero-order valence-electron chi connectivity index (χ0n) is 13.3. The van der Waals surface area contributed by atoms with Gasteiger partial charge in [-0.05, 0) is 31.0 Å². The van der Waals surface area contributed by atoms with Crippen molar-refractivity contribution in [1.82, 2.24) is 19.0 Å². The molecule has 0 radical (unpaired) electrons. The second-order valence-corrected chi connectivity index (χ2v) is 7.67. The lowest BCUT2D eigenvalue weighted by Gasteiger charge is -2.36. The minimum Gasteiger partial charge on any atom is -0.347 e. The van der Waals surface area contributed by atoms with E-state index in [1.165, 1.54) is 4.90 Å². The van der Waals surface area contributed by atoms with E-state index in [1.54, 1.807) is 18.2 Å². The monoisotopic (exact) mass is 376 g/mol. The largest absolute Gasteiger partial charge is 0.347 e. The first-order chi connectivity index (χ1) is 12.1. The van der Waals surface area contributed by atoms with Gasteiger partial charge in [-0.1, -0.05) is 24.6 Å². The lowest BCUT2D eigenvalue weighted by Crippen LogP contribution is -2.54. The van der Waals surface area contributed by atoms with Crippen LogP contribution in [0.3, 0.4) is 0 Å². The Labute approximate surface area is 152 Å². The molecule has 7 nitrogen and oxygen atoms in total. The van der Waals surface area contributed by atoms with Gasteiger partial charge in [0.2, 0.25) is 5.91 Å². The van der Waals surface area contributed by atoms with Crippen molar-refractivity contribution < 1.29 is 14.4 Å².